The summed E-state index contributed by atoms with van der Waals surface area (Å²) in [5, 5.41) is 0. The molecule has 0 aliphatic rings. The highest BCUT2D eigenvalue weighted by atomic mass is 79.9. The number of benzene rings is 1. The smallest absolute Gasteiger partial charge is 0.325 e. The molecular formula is C14H16BrNO5. The molecule has 1 aromatic carbocycles. The van der Waals surface area contributed by atoms with Gasteiger partial charge in [-0.05, 0) is 34.5 Å². The van der Waals surface area contributed by atoms with Crippen LogP contribution in [0.1, 0.15) is 15.9 Å². The van der Waals surface area contributed by atoms with E-state index in [4.69, 9.17) is 0 Å². The summed E-state index contributed by atoms with van der Waals surface area (Å²) in [6.45, 7) is 1.18. The second kappa shape index (κ2) is 7.78. The van der Waals surface area contributed by atoms with Crippen LogP contribution in [0.2, 0.25) is 0 Å². The molecule has 7 heteroatoms. The molecule has 0 saturated heterocycles. The average Bonchev–Trinajstić information content (AvgIpc) is 2.48. The van der Waals surface area contributed by atoms with Gasteiger partial charge in [0.1, 0.15) is 13.1 Å². The molecule has 0 saturated carbocycles. The first-order valence-electron chi connectivity index (χ1n) is 6.08. The van der Waals surface area contributed by atoms with Crippen LogP contribution < -0.4 is 0 Å². The monoisotopic (exact) mass is 357 g/mol. The molecule has 1 aromatic rings. The maximum absolute atomic E-state index is 12.5. The molecule has 0 heterocycles. The van der Waals surface area contributed by atoms with Gasteiger partial charge in [-0.2, -0.15) is 0 Å². The van der Waals surface area contributed by atoms with Gasteiger partial charge < -0.3 is 14.4 Å². The number of rotatable bonds is 5. The van der Waals surface area contributed by atoms with Gasteiger partial charge in [-0.15, -0.1) is 0 Å². The minimum absolute atomic E-state index is 0.329. The Morgan fingerprint density at radius 3 is 2.10 bits per heavy atom. The van der Waals surface area contributed by atoms with Crippen LogP contribution in [0.5, 0.6) is 0 Å². The SMILES string of the molecule is COC(=O)CN(CC(=O)OC)C(=O)c1cccc(C)c1Br. The molecular weight excluding hydrogens is 342 g/mol. The Labute approximate surface area is 131 Å². The zero-order valence-corrected chi connectivity index (χ0v) is 13.6. The Kier molecular flexibility index (Phi) is 6.36. The molecule has 0 N–H and O–H groups in total. The van der Waals surface area contributed by atoms with E-state index in [0.29, 0.717) is 10.0 Å². The van der Waals surface area contributed by atoms with Crippen molar-refractivity contribution >= 4 is 33.8 Å². The van der Waals surface area contributed by atoms with Gasteiger partial charge in [0.25, 0.3) is 5.91 Å². The summed E-state index contributed by atoms with van der Waals surface area (Å²) >= 11 is 3.34. The van der Waals surface area contributed by atoms with Gasteiger partial charge in [-0.1, -0.05) is 12.1 Å². The molecule has 0 spiro atoms. The van der Waals surface area contributed by atoms with E-state index in [0.717, 1.165) is 10.5 Å². The lowest BCUT2D eigenvalue weighted by Crippen LogP contribution is -2.40. The molecule has 21 heavy (non-hydrogen) atoms. The van der Waals surface area contributed by atoms with Crippen LogP contribution >= 0.6 is 15.9 Å². The Bertz CT molecular complexity index is 540. The van der Waals surface area contributed by atoms with Crippen molar-refractivity contribution in [3.8, 4) is 0 Å². The molecule has 0 radical (unpaired) electrons. The molecule has 0 aliphatic carbocycles. The highest BCUT2D eigenvalue weighted by Crippen LogP contribution is 2.22. The Hall–Kier alpha value is -1.89. The van der Waals surface area contributed by atoms with Crippen LogP contribution in [-0.4, -0.2) is 50.1 Å². The molecule has 0 atom stereocenters. The number of halogens is 1. The molecule has 0 aromatic heterocycles. The minimum atomic E-state index is -0.615. The fourth-order valence-electron chi connectivity index (χ4n) is 1.62. The van der Waals surface area contributed by atoms with E-state index in [9.17, 15) is 14.4 Å². The highest BCUT2D eigenvalue weighted by molar-refractivity contribution is 9.10. The molecule has 6 nitrogen and oxygen atoms in total. The summed E-state index contributed by atoms with van der Waals surface area (Å²) in [6.07, 6.45) is 0. The Balaban J connectivity index is 3.06. The Morgan fingerprint density at radius 2 is 1.62 bits per heavy atom. The van der Waals surface area contributed by atoms with Gasteiger partial charge in [-0.25, -0.2) is 0 Å². The van der Waals surface area contributed by atoms with Gasteiger partial charge in [0, 0.05) is 4.47 Å². The second-order valence-electron chi connectivity index (χ2n) is 4.25. The standard InChI is InChI=1S/C14H16BrNO5/c1-9-5-4-6-10(13(9)15)14(19)16(7-11(17)20-2)8-12(18)21-3/h4-6H,7-8H2,1-3H3. The number of esters is 2. The van der Waals surface area contributed by atoms with E-state index in [1.807, 2.05) is 13.0 Å². The first kappa shape index (κ1) is 17.2. The van der Waals surface area contributed by atoms with Crippen LogP contribution in [0.15, 0.2) is 22.7 Å². The molecule has 0 unspecified atom stereocenters. The van der Waals surface area contributed by atoms with Gasteiger partial charge in [-0.3, -0.25) is 14.4 Å². The first-order chi connectivity index (χ1) is 9.90. The summed E-state index contributed by atoms with van der Waals surface area (Å²) in [4.78, 5) is 36.4. The third kappa shape index (κ3) is 4.56. The van der Waals surface area contributed by atoms with Gasteiger partial charge in [0.2, 0.25) is 0 Å². The number of carbonyl (C=O) groups is 3. The Morgan fingerprint density at radius 1 is 1.10 bits per heavy atom. The van der Waals surface area contributed by atoms with E-state index in [2.05, 4.69) is 25.4 Å². The van der Waals surface area contributed by atoms with Crippen molar-refractivity contribution in [1.82, 2.24) is 4.90 Å². The van der Waals surface area contributed by atoms with E-state index in [1.165, 1.54) is 14.2 Å². The van der Waals surface area contributed by atoms with Gasteiger partial charge >= 0.3 is 11.9 Å². The summed E-state index contributed by atoms with van der Waals surface area (Å²) in [5.74, 6) is -1.69. The van der Waals surface area contributed by atoms with Gasteiger partial charge in [0.15, 0.2) is 0 Å². The van der Waals surface area contributed by atoms with Crippen LogP contribution in [0.25, 0.3) is 0 Å². The fraction of sp³-hybridized carbons (Fsp3) is 0.357. The minimum Gasteiger partial charge on any atom is -0.468 e. The highest BCUT2D eigenvalue weighted by Gasteiger charge is 2.24. The van der Waals surface area contributed by atoms with Crippen molar-refractivity contribution in [3.05, 3.63) is 33.8 Å². The number of ether oxygens (including phenoxy) is 2. The fourth-order valence-corrected chi connectivity index (χ4v) is 2.06. The number of amides is 1. The van der Waals surface area contributed by atoms with Crippen molar-refractivity contribution in [2.45, 2.75) is 6.92 Å². The first-order valence-corrected chi connectivity index (χ1v) is 6.88. The molecule has 114 valence electrons. The van der Waals surface area contributed by atoms with Crippen LogP contribution in [-0.2, 0) is 19.1 Å². The summed E-state index contributed by atoms with van der Waals surface area (Å²) in [6, 6.07) is 5.18. The van der Waals surface area contributed by atoms with Crippen molar-refractivity contribution in [2.24, 2.45) is 0 Å². The lowest BCUT2D eigenvalue weighted by molar-refractivity contribution is -0.144. The van der Waals surface area contributed by atoms with E-state index in [-0.39, 0.29) is 13.1 Å². The quantitative estimate of drug-likeness (QED) is 0.747. The van der Waals surface area contributed by atoms with Crippen LogP contribution in [0.4, 0.5) is 0 Å². The summed E-state index contributed by atoms with van der Waals surface area (Å²) < 4.78 is 9.70. The van der Waals surface area contributed by atoms with E-state index < -0.39 is 17.8 Å². The number of hydrogen-bond donors (Lipinski definition) is 0. The van der Waals surface area contributed by atoms with Crippen LogP contribution in [0, 0.1) is 6.92 Å². The number of carbonyl (C=O) groups excluding carboxylic acids is 3. The zero-order chi connectivity index (χ0) is 16.0. The predicted molar refractivity (Wildman–Crippen MR) is 78.8 cm³/mol. The molecule has 0 bridgehead atoms. The molecule has 0 aliphatic heterocycles. The number of nitrogens with zero attached hydrogens (tertiary/aromatic N) is 1. The molecule has 1 rings (SSSR count). The largest absolute Gasteiger partial charge is 0.468 e. The molecule has 1 amide bonds. The van der Waals surface area contributed by atoms with Crippen molar-refractivity contribution in [1.29, 1.82) is 0 Å². The molecule has 0 fully saturated rings. The van der Waals surface area contributed by atoms with Crippen molar-refractivity contribution in [2.75, 3.05) is 27.3 Å². The van der Waals surface area contributed by atoms with Crippen LogP contribution in [0.3, 0.4) is 0 Å². The topological polar surface area (TPSA) is 72.9 Å². The summed E-state index contributed by atoms with van der Waals surface area (Å²) in [5.41, 5.74) is 1.24. The summed E-state index contributed by atoms with van der Waals surface area (Å²) in [7, 11) is 2.43. The lowest BCUT2D eigenvalue weighted by atomic mass is 10.1. The number of methoxy groups -OCH3 is 2. The number of hydrogen-bond acceptors (Lipinski definition) is 5. The van der Waals surface area contributed by atoms with E-state index >= 15 is 0 Å². The second-order valence-corrected chi connectivity index (χ2v) is 5.04. The van der Waals surface area contributed by atoms with Gasteiger partial charge in [0.05, 0.1) is 19.8 Å². The maximum atomic E-state index is 12.5. The van der Waals surface area contributed by atoms with Crippen molar-refractivity contribution in [3.63, 3.8) is 0 Å². The third-order valence-electron chi connectivity index (χ3n) is 2.80. The maximum Gasteiger partial charge on any atom is 0.325 e. The van der Waals surface area contributed by atoms with Crippen molar-refractivity contribution < 1.29 is 23.9 Å². The zero-order valence-electron chi connectivity index (χ0n) is 12.0. The predicted octanol–water partition coefficient (Wildman–Crippen LogP) is 1.55. The number of aryl methyl sites for hydroxylation is 1. The van der Waals surface area contributed by atoms with E-state index in [1.54, 1.807) is 12.1 Å². The average molecular weight is 358 g/mol. The third-order valence-corrected chi connectivity index (χ3v) is 3.86. The normalized spacial score (nSPS) is 9.90. The lowest BCUT2D eigenvalue weighted by Gasteiger charge is -2.21.